The summed E-state index contributed by atoms with van der Waals surface area (Å²) in [4.78, 5) is 14.2. The molecule has 1 amide bonds. The molecule has 0 saturated heterocycles. The molecule has 1 saturated carbocycles. The third-order valence-electron chi connectivity index (χ3n) is 4.16. The molecule has 0 radical (unpaired) electrons. The summed E-state index contributed by atoms with van der Waals surface area (Å²) in [5, 5.41) is 13.2. The van der Waals surface area contributed by atoms with Gasteiger partial charge in [0.25, 0.3) is 5.91 Å². The highest BCUT2D eigenvalue weighted by molar-refractivity contribution is 9.10. The van der Waals surface area contributed by atoms with Crippen LogP contribution in [0.5, 0.6) is 5.75 Å². The van der Waals surface area contributed by atoms with Crippen molar-refractivity contribution in [3.8, 4) is 5.75 Å². The van der Waals surface area contributed by atoms with Crippen LogP contribution in [-0.4, -0.2) is 42.1 Å². The van der Waals surface area contributed by atoms with Crippen LogP contribution in [0, 0.1) is 0 Å². The molecule has 110 valence electrons. The van der Waals surface area contributed by atoms with E-state index in [1.807, 2.05) is 14.1 Å². The van der Waals surface area contributed by atoms with Crippen molar-refractivity contribution in [2.45, 2.75) is 37.8 Å². The van der Waals surface area contributed by atoms with E-state index in [9.17, 15) is 9.90 Å². The van der Waals surface area contributed by atoms with Crippen molar-refractivity contribution < 1.29 is 9.90 Å². The average Bonchev–Trinajstić information content (AvgIpc) is 2.46. The first kappa shape index (κ1) is 15.3. The lowest BCUT2D eigenvalue weighted by atomic mass is 9.90. The Kier molecular flexibility index (Phi) is 5.05. The van der Waals surface area contributed by atoms with Crippen LogP contribution in [0.2, 0.25) is 0 Å². The van der Waals surface area contributed by atoms with E-state index >= 15 is 0 Å². The number of aromatic hydroxyl groups is 1. The monoisotopic (exact) mass is 340 g/mol. The fraction of sp³-hybridized carbons (Fsp3) is 0.533. The minimum Gasteiger partial charge on any atom is -0.507 e. The summed E-state index contributed by atoms with van der Waals surface area (Å²) < 4.78 is 0.767. The highest BCUT2D eigenvalue weighted by atomic mass is 79.9. The summed E-state index contributed by atoms with van der Waals surface area (Å²) in [6.45, 7) is 0. The Balaban J connectivity index is 2.05. The van der Waals surface area contributed by atoms with Gasteiger partial charge in [-0.15, -0.1) is 0 Å². The average molecular weight is 341 g/mol. The molecule has 0 aromatic heterocycles. The summed E-state index contributed by atoms with van der Waals surface area (Å²) in [7, 11) is 3.81. The van der Waals surface area contributed by atoms with Gasteiger partial charge in [-0.05, 0) is 50.9 Å². The second-order valence-electron chi connectivity index (χ2n) is 5.37. The molecule has 1 aliphatic rings. The Labute approximate surface area is 128 Å². The van der Waals surface area contributed by atoms with Gasteiger partial charge in [0, 0.05) is 23.6 Å². The third-order valence-corrected chi connectivity index (χ3v) is 4.66. The van der Waals surface area contributed by atoms with Crippen LogP contribution in [0.15, 0.2) is 22.7 Å². The molecule has 4 nitrogen and oxygen atoms in total. The van der Waals surface area contributed by atoms with Crippen molar-refractivity contribution in [2.24, 2.45) is 0 Å². The van der Waals surface area contributed by atoms with Gasteiger partial charge in [0.2, 0.25) is 0 Å². The van der Waals surface area contributed by atoms with E-state index in [1.54, 1.807) is 23.1 Å². The lowest BCUT2D eigenvalue weighted by Gasteiger charge is -2.34. The highest BCUT2D eigenvalue weighted by Crippen LogP contribution is 2.27. The molecule has 2 N–H and O–H groups in total. The van der Waals surface area contributed by atoms with E-state index in [1.165, 1.54) is 0 Å². The van der Waals surface area contributed by atoms with E-state index in [-0.39, 0.29) is 17.7 Å². The van der Waals surface area contributed by atoms with Gasteiger partial charge >= 0.3 is 0 Å². The number of rotatable bonds is 3. The molecule has 1 aromatic carbocycles. The maximum Gasteiger partial charge on any atom is 0.257 e. The third kappa shape index (κ3) is 3.33. The van der Waals surface area contributed by atoms with Crippen LogP contribution in [0.4, 0.5) is 0 Å². The zero-order valence-corrected chi connectivity index (χ0v) is 13.5. The molecule has 20 heavy (non-hydrogen) atoms. The predicted molar refractivity (Wildman–Crippen MR) is 83.0 cm³/mol. The minimum atomic E-state index is -0.108. The van der Waals surface area contributed by atoms with Crippen molar-refractivity contribution in [1.29, 1.82) is 0 Å². The fourth-order valence-corrected chi connectivity index (χ4v) is 3.14. The van der Waals surface area contributed by atoms with E-state index < -0.39 is 0 Å². The van der Waals surface area contributed by atoms with Crippen molar-refractivity contribution in [3.63, 3.8) is 0 Å². The second-order valence-corrected chi connectivity index (χ2v) is 6.29. The van der Waals surface area contributed by atoms with Gasteiger partial charge in [-0.3, -0.25) is 4.79 Å². The molecule has 2 rings (SSSR count). The molecule has 1 fully saturated rings. The summed E-state index contributed by atoms with van der Waals surface area (Å²) in [5.74, 6) is -0.0805. The van der Waals surface area contributed by atoms with Crippen molar-refractivity contribution in [3.05, 3.63) is 28.2 Å². The van der Waals surface area contributed by atoms with Crippen LogP contribution >= 0.6 is 15.9 Å². The summed E-state index contributed by atoms with van der Waals surface area (Å²) in [6, 6.07) is 5.82. The molecule has 1 aliphatic carbocycles. The fourth-order valence-electron chi connectivity index (χ4n) is 2.79. The van der Waals surface area contributed by atoms with E-state index in [2.05, 4.69) is 21.2 Å². The first-order valence-electron chi connectivity index (χ1n) is 6.96. The largest absolute Gasteiger partial charge is 0.507 e. The topological polar surface area (TPSA) is 52.6 Å². The van der Waals surface area contributed by atoms with Crippen LogP contribution in [0.3, 0.4) is 0 Å². The predicted octanol–water partition coefficient (Wildman–Crippen LogP) is 2.76. The summed E-state index contributed by atoms with van der Waals surface area (Å²) in [5.41, 5.74) is 0.367. The van der Waals surface area contributed by atoms with E-state index in [0.717, 1.165) is 30.2 Å². The maximum atomic E-state index is 12.5. The quantitative estimate of drug-likeness (QED) is 0.889. The second kappa shape index (κ2) is 6.59. The van der Waals surface area contributed by atoms with Crippen molar-refractivity contribution in [1.82, 2.24) is 10.2 Å². The summed E-state index contributed by atoms with van der Waals surface area (Å²) >= 11 is 3.28. The van der Waals surface area contributed by atoms with Crippen LogP contribution in [0.1, 0.15) is 36.0 Å². The van der Waals surface area contributed by atoms with Gasteiger partial charge in [0.05, 0.1) is 5.56 Å². The number of nitrogens with zero attached hydrogens (tertiary/aromatic N) is 1. The number of amides is 1. The normalized spacial score (nSPS) is 22.6. The van der Waals surface area contributed by atoms with Gasteiger partial charge < -0.3 is 15.3 Å². The maximum absolute atomic E-state index is 12.5. The molecule has 0 aliphatic heterocycles. The molecule has 0 spiro atoms. The number of nitrogens with one attached hydrogen (secondary N) is 1. The van der Waals surface area contributed by atoms with Gasteiger partial charge in [-0.25, -0.2) is 0 Å². The molecular formula is C15H21BrN2O2. The zero-order valence-electron chi connectivity index (χ0n) is 11.9. The number of benzene rings is 1. The van der Waals surface area contributed by atoms with Gasteiger partial charge in [0.15, 0.2) is 0 Å². The molecular weight excluding hydrogens is 320 g/mol. The SMILES string of the molecule is CNC1CCC(N(C)C(=O)c2ccc(Br)cc2O)CC1. The van der Waals surface area contributed by atoms with E-state index in [4.69, 9.17) is 0 Å². The van der Waals surface area contributed by atoms with Gasteiger partial charge in [0.1, 0.15) is 5.75 Å². The zero-order chi connectivity index (χ0) is 14.7. The molecule has 0 heterocycles. The molecule has 5 heteroatoms. The Hall–Kier alpha value is -1.07. The number of halogens is 1. The molecule has 0 atom stereocenters. The minimum absolute atomic E-state index is 0.0279. The first-order valence-corrected chi connectivity index (χ1v) is 7.75. The Morgan fingerprint density at radius 1 is 1.35 bits per heavy atom. The van der Waals surface area contributed by atoms with Crippen molar-refractivity contribution in [2.75, 3.05) is 14.1 Å². The number of carbonyl (C=O) groups is 1. The van der Waals surface area contributed by atoms with Crippen LogP contribution in [-0.2, 0) is 0 Å². The number of hydrogen-bond donors (Lipinski definition) is 2. The lowest BCUT2D eigenvalue weighted by molar-refractivity contribution is 0.0682. The summed E-state index contributed by atoms with van der Waals surface area (Å²) in [6.07, 6.45) is 4.19. The van der Waals surface area contributed by atoms with Gasteiger partial charge in [-0.2, -0.15) is 0 Å². The lowest BCUT2D eigenvalue weighted by Crippen LogP contribution is -2.42. The smallest absolute Gasteiger partial charge is 0.257 e. The van der Waals surface area contributed by atoms with Crippen LogP contribution in [0.25, 0.3) is 0 Å². The number of carbonyl (C=O) groups excluding carboxylic acids is 1. The molecule has 1 aromatic rings. The Bertz CT molecular complexity index is 485. The number of phenols is 1. The molecule has 0 unspecified atom stereocenters. The Morgan fingerprint density at radius 3 is 2.55 bits per heavy atom. The Morgan fingerprint density at radius 2 is 2.00 bits per heavy atom. The first-order chi connectivity index (χ1) is 9.52. The van der Waals surface area contributed by atoms with Crippen molar-refractivity contribution >= 4 is 21.8 Å². The number of hydrogen-bond acceptors (Lipinski definition) is 3. The number of phenolic OH excluding ortho intramolecular Hbond substituents is 1. The van der Waals surface area contributed by atoms with Crippen LogP contribution < -0.4 is 5.32 Å². The standard InChI is InChI=1S/C15H21BrN2O2/c1-17-11-4-6-12(7-5-11)18(2)15(20)13-8-3-10(16)9-14(13)19/h3,8-9,11-12,17,19H,4-7H2,1-2H3. The highest BCUT2D eigenvalue weighted by Gasteiger charge is 2.27. The van der Waals surface area contributed by atoms with Gasteiger partial charge in [-0.1, -0.05) is 15.9 Å². The van der Waals surface area contributed by atoms with E-state index in [0.29, 0.717) is 11.6 Å². The molecule has 0 bridgehead atoms.